The second-order valence-corrected chi connectivity index (χ2v) is 10.6. The normalized spacial score (nSPS) is 25.7. The number of hydrogen-bond donors (Lipinski definition) is 2. The van der Waals surface area contributed by atoms with Crippen molar-refractivity contribution in [3.05, 3.63) is 35.9 Å². The highest BCUT2D eigenvalue weighted by molar-refractivity contribution is 6.08. The van der Waals surface area contributed by atoms with Crippen LogP contribution in [0.3, 0.4) is 0 Å². The average Bonchev–Trinajstić information content (AvgIpc) is 3.61. The van der Waals surface area contributed by atoms with Gasteiger partial charge in [-0.25, -0.2) is 4.79 Å². The molecule has 0 radical (unpaired) electrons. The molecule has 184 valence electrons. The summed E-state index contributed by atoms with van der Waals surface area (Å²) in [5, 5.41) is 5.72. The van der Waals surface area contributed by atoms with Crippen molar-refractivity contribution < 1.29 is 23.9 Å². The number of amides is 4. The molecule has 1 aromatic carbocycles. The highest BCUT2D eigenvalue weighted by Crippen LogP contribution is 2.45. The zero-order valence-corrected chi connectivity index (χ0v) is 20.3. The van der Waals surface area contributed by atoms with Gasteiger partial charge in [-0.05, 0) is 49.9 Å². The van der Waals surface area contributed by atoms with E-state index in [2.05, 4.69) is 31.4 Å². The third-order valence-corrected chi connectivity index (χ3v) is 7.90. The van der Waals surface area contributed by atoms with Crippen LogP contribution in [-0.2, 0) is 19.1 Å². The lowest BCUT2D eigenvalue weighted by Gasteiger charge is -2.42. The third-order valence-electron chi connectivity index (χ3n) is 7.90. The summed E-state index contributed by atoms with van der Waals surface area (Å²) in [7, 11) is 0. The number of rotatable bonds is 8. The van der Waals surface area contributed by atoms with E-state index in [4.69, 9.17) is 4.74 Å². The van der Waals surface area contributed by atoms with E-state index < -0.39 is 36.1 Å². The molecular weight excluding hydrogens is 434 g/mol. The molecule has 3 fully saturated rings. The van der Waals surface area contributed by atoms with Crippen molar-refractivity contribution in [2.24, 2.45) is 11.3 Å². The maximum atomic E-state index is 13.3. The van der Waals surface area contributed by atoms with E-state index in [0.717, 1.165) is 37.0 Å². The molecule has 0 bridgehead atoms. The van der Waals surface area contributed by atoms with Gasteiger partial charge < -0.3 is 15.4 Å². The molecule has 1 heterocycles. The molecule has 4 amide bonds. The van der Waals surface area contributed by atoms with Crippen molar-refractivity contribution in [1.82, 2.24) is 15.5 Å². The lowest BCUT2D eigenvalue weighted by atomic mass is 9.65. The van der Waals surface area contributed by atoms with Crippen LogP contribution in [0, 0.1) is 11.3 Å². The van der Waals surface area contributed by atoms with Crippen LogP contribution >= 0.6 is 0 Å². The van der Waals surface area contributed by atoms with E-state index >= 15 is 0 Å². The Bertz CT molecular complexity index is 948. The van der Waals surface area contributed by atoms with Crippen molar-refractivity contribution in [2.45, 2.75) is 83.4 Å². The van der Waals surface area contributed by atoms with E-state index in [9.17, 15) is 19.2 Å². The molecular formula is C26H35N3O5. The molecule has 1 aromatic rings. The van der Waals surface area contributed by atoms with Gasteiger partial charge in [0.25, 0.3) is 11.8 Å². The van der Waals surface area contributed by atoms with Gasteiger partial charge in [0, 0.05) is 11.6 Å². The van der Waals surface area contributed by atoms with Gasteiger partial charge in [-0.2, -0.15) is 0 Å². The zero-order chi connectivity index (χ0) is 24.5. The van der Waals surface area contributed by atoms with E-state index in [1.165, 1.54) is 0 Å². The summed E-state index contributed by atoms with van der Waals surface area (Å²) >= 11 is 0. The fourth-order valence-corrected chi connectivity index (χ4v) is 5.04. The number of esters is 1. The number of imide groups is 1. The first kappa shape index (κ1) is 24.2. The SMILES string of the molecule is CCC(C)(C)C1CCC2(CC1)NC(=O)N(CC(=O)OC(C(=O)NC1CC1)c1ccccc1)C2=O. The van der Waals surface area contributed by atoms with Crippen LogP contribution in [0.25, 0.3) is 0 Å². The highest BCUT2D eigenvalue weighted by Gasteiger charge is 2.54. The summed E-state index contributed by atoms with van der Waals surface area (Å²) in [4.78, 5) is 52.4. The van der Waals surface area contributed by atoms with Crippen LogP contribution in [0.2, 0.25) is 0 Å². The molecule has 1 saturated heterocycles. The van der Waals surface area contributed by atoms with E-state index in [-0.39, 0.29) is 17.4 Å². The number of hydrogen-bond acceptors (Lipinski definition) is 5. The fourth-order valence-electron chi connectivity index (χ4n) is 5.04. The summed E-state index contributed by atoms with van der Waals surface area (Å²) in [5.74, 6) is -1.07. The Kier molecular flexibility index (Phi) is 6.69. The molecule has 2 aliphatic carbocycles. The van der Waals surface area contributed by atoms with Crippen molar-refractivity contribution in [1.29, 1.82) is 0 Å². The molecule has 1 spiro atoms. The highest BCUT2D eigenvalue weighted by atomic mass is 16.5. The minimum atomic E-state index is -1.13. The van der Waals surface area contributed by atoms with E-state index in [0.29, 0.717) is 24.3 Å². The standard InChI is InChI=1S/C26H35N3O5/c1-4-25(2,3)18-12-14-26(15-13-18)23(32)29(24(33)28-26)16-20(30)34-21(17-8-6-5-7-9-17)22(31)27-19-10-11-19/h5-9,18-19,21H,4,10-16H2,1-3H3,(H,27,31)(H,28,33). The first-order chi connectivity index (χ1) is 16.1. The van der Waals surface area contributed by atoms with Gasteiger partial charge in [-0.3, -0.25) is 19.3 Å². The van der Waals surface area contributed by atoms with Gasteiger partial charge in [0.1, 0.15) is 12.1 Å². The quantitative estimate of drug-likeness (QED) is 0.448. The predicted molar refractivity (Wildman–Crippen MR) is 125 cm³/mol. The topological polar surface area (TPSA) is 105 Å². The predicted octanol–water partition coefficient (Wildman–Crippen LogP) is 3.47. The molecule has 3 aliphatic rings. The van der Waals surface area contributed by atoms with Crippen molar-refractivity contribution in [3.8, 4) is 0 Å². The van der Waals surface area contributed by atoms with Crippen molar-refractivity contribution in [2.75, 3.05) is 6.54 Å². The molecule has 8 nitrogen and oxygen atoms in total. The summed E-state index contributed by atoms with van der Waals surface area (Å²) in [6, 6.07) is 8.29. The lowest BCUT2D eigenvalue weighted by molar-refractivity contribution is -0.158. The maximum absolute atomic E-state index is 13.3. The molecule has 8 heteroatoms. The summed E-state index contributed by atoms with van der Waals surface area (Å²) in [6.45, 7) is 6.15. The van der Waals surface area contributed by atoms with E-state index in [1.807, 2.05) is 6.07 Å². The average molecular weight is 470 g/mol. The summed E-state index contributed by atoms with van der Waals surface area (Å²) < 4.78 is 5.51. The molecule has 1 unspecified atom stereocenters. The van der Waals surface area contributed by atoms with Gasteiger partial charge in [0.15, 0.2) is 0 Å². The second kappa shape index (κ2) is 9.39. The van der Waals surface area contributed by atoms with Gasteiger partial charge in [-0.1, -0.05) is 57.5 Å². The van der Waals surface area contributed by atoms with Crippen LogP contribution < -0.4 is 10.6 Å². The Balaban J connectivity index is 1.40. The Morgan fingerprint density at radius 1 is 1.15 bits per heavy atom. The second-order valence-electron chi connectivity index (χ2n) is 10.6. The summed E-state index contributed by atoms with van der Waals surface area (Å²) in [5.41, 5.74) is -0.219. The summed E-state index contributed by atoms with van der Waals surface area (Å²) in [6.07, 6.45) is 4.56. The smallest absolute Gasteiger partial charge is 0.327 e. The van der Waals surface area contributed by atoms with E-state index in [1.54, 1.807) is 24.3 Å². The zero-order valence-electron chi connectivity index (χ0n) is 20.3. The first-order valence-corrected chi connectivity index (χ1v) is 12.3. The molecule has 0 aromatic heterocycles. The molecule has 1 aliphatic heterocycles. The van der Waals surface area contributed by atoms with Crippen LogP contribution in [0.1, 0.15) is 77.4 Å². The largest absolute Gasteiger partial charge is 0.446 e. The number of ether oxygens (including phenoxy) is 1. The Hall–Kier alpha value is -2.90. The number of nitrogens with zero attached hydrogens (tertiary/aromatic N) is 1. The van der Waals surface area contributed by atoms with Gasteiger partial charge in [0.05, 0.1) is 0 Å². The number of carbonyl (C=O) groups is 4. The molecule has 4 rings (SSSR count). The van der Waals surface area contributed by atoms with Gasteiger partial charge in [-0.15, -0.1) is 0 Å². The molecule has 34 heavy (non-hydrogen) atoms. The Morgan fingerprint density at radius 3 is 2.38 bits per heavy atom. The van der Waals surface area contributed by atoms with Gasteiger partial charge >= 0.3 is 12.0 Å². The number of urea groups is 1. The molecule has 2 N–H and O–H groups in total. The first-order valence-electron chi connectivity index (χ1n) is 12.3. The number of carbonyl (C=O) groups excluding carboxylic acids is 4. The lowest BCUT2D eigenvalue weighted by Crippen LogP contribution is -2.51. The fraction of sp³-hybridized carbons (Fsp3) is 0.615. The van der Waals surface area contributed by atoms with Crippen LogP contribution in [0.4, 0.5) is 4.79 Å². The van der Waals surface area contributed by atoms with Crippen LogP contribution in [-0.4, -0.2) is 46.8 Å². The maximum Gasteiger partial charge on any atom is 0.327 e. The Labute approximate surface area is 200 Å². The molecule has 1 atom stereocenters. The monoisotopic (exact) mass is 469 g/mol. The minimum absolute atomic E-state index is 0.107. The number of benzene rings is 1. The molecule has 2 saturated carbocycles. The third kappa shape index (κ3) is 4.95. The Morgan fingerprint density at radius 2 is 1.79 bits per heavy atom. The van der Waals surface area contributed by atoms with Gasteiger partial charge in [0.2, 0.25) is 6.10 Å². The van der Waals surface area contributed by atoms with Crippen molar-refractivity contribution >= 4 is 23.8 Å². The number of nitrogens with one attached hydrogen (secondary N) is 2. The van der Waals surface area contributed by atoms with Crippen molar-refractivity contribution in [3.63, 3.8) is 0 Å². The van der Waals surface area contributed by atoms with Crippen LogP contribution in [0.15, 0.2) is 30.3 Å². The van der Waals surface area contributed by atoms with Crippen LogP contribution in [0.5, 0.6) is 0 Å². The minimum Gasteiger partial charge on any atom is -0.446 e.